The van der Waals surface area contributed by atoms with Gasteiger partial charge in [0.05, 0.1) is 24.4 Å². The first-order valence-corrected chi connectivity index (χ1v) is 10.4. The second-order valence-corrected chi connectivity index (χ2v) is 7.60. The van der Waals surface area contributed by atoms with E-state index in [9.17, 15) is 4.79 Å². The summed E-state index contributed by atoms with van der Waals surface area (Å²) >= 11 is 7.31. The van der Waals surface area contributed by atoms with Gasteiger partial charge in [-0.3, -0.25) is 4.90 Å². The Morgan fingerprint density at radius 2 is 2.15 bits per heavy atom. The number of thiocarbonyl (C=S) groups is 1. The predicted molar refractivity (Wildman–Crippen MR) is 112 cm³/mol. The van der Waals surface area contributed by atoms with Crippen LogP contribution in [0.25, 0.3) is 0 Å². The van der Waals surface area contributed by atoms with E-state index in [0.717, 1.165) is 44.2 Å². The Morgan fingerprint density at radius 1 is 1.30 bits per heavy atom. The van der Waals surface area contributed by atoms with Crippen molar-refractivity contribution in [1.82, 2.24) is 14.8 Å². The van der Waals surface area contributed by atoms with Crippen molar-refractivity contribution in [3.05, 3.63) is 46.4 Å². The number of thiazole rings is 1. The number of carbonyl (C=O) groups excluding carboxylic acids is 1. The van der Waals surface area contributed by atoms with Crippen LogP contribution in [0, 0.1) is 0 Å². The molecule has 0 atom stereocenters. The molecule has 0 amide bonds. The average molecular weight is 405 g/mol. The third-order valence-electron chi connectivity index (χ3n) is 4.38. The Labute approximate surface area is 169 Å². The molecule has 1 aliphatic rings. The largest absolute Gasteiger partial charge is 0.462 e. The molecule has 1 N–H and O–H groups in total. The van der Waals surface area contributed by atoms with E-state index >= 15 is 0 Å². The van der Waals surface area contributed by atoms with Gasteiger partial charge in [0.15, 0.2) is 5.11 Å². The van der Waals surface area contributed by atoms with Crippen LogP contribution in [0.3, 0.4) is 0 Å². The molecule has 1 aromatic heterocycles. The van der Waals surface area contributed by atoms with E-state index in [-0.39, 0.29) is 5.97 Å². The molecule has 1 aromatic carbocycles. The van der Waals surface area contributed by atoms with Crippen molar-refractivity contribution in [3.8, 4) is 0 Å². The van der Waals surface area contributed by atoms with Crippen LogP contribution >= 0.6 is 23.6 Å². The highest BCUT2D eigenvalue weighted by Gasteiger charge is 2.19. The quantitative estimate of drug-likeness (QED) is 0.606. The third kappa shape index (κ3) is 5.47. The lowest BCUT2D eigenvalue weighted by Crippen LogP contribution is -2.38. The zero-order valence-corrected chi connectivity index (χ0v) is 17.0. The van der Waals surface area contributed by atoms with Crippen molar-refractivity contribution in [2.24, 2.45) is 0 Å². The van der Waals surface area contributed by atoms with E-state index in [1.807, 2.05) is 29.8 Å². The molecular formula is C19H24N4O2S2. The number of rotatable bonds is 5. The molecule has 8 heteroatoms. The van der Waals surface area contributed by atoms with Gasteiger partial charge in [-0.05, 0) is 37.7 Å². The minimum absolute atomic E-state index is 0.339. The van der Waals surface area contributed by atoms with Gasteiger partial charge in [0, 0.05) is 37.8 Å². The number of nitrogens with one attached hydrogen (secondary N) is 1. The summed E-state index contributed by atoms with van der Waals surface area (Å²) in [4.78, 5) is 21.1. The Balaban J connectivity index is 1.59. The summed E-state index contributed by atoms with van der Waals surface area (Å²) < 4.78 is 5.13. The molecule has 2 heterocycles. The summed E-state index contributed by atoms with van der Waals surface area (Å²) in [6.45, 7) is 6.73. The predicted octanol–water partition coefficient (Wildman–Crippen LogP) is 3.22. The normalized spacial score (nSPS) is 15.2. The van der Waals surface area contributed by atoms with E-state index < -0.39 is 0 Å². The molecule has 27 heavy (non-hydrogen) atoms. The molecule has 1 fully saturated rings. The van der Waals surface area contributed by atoms with E-state index in [2.05, 4.69) is 20.1 Å². The van der Waals surface area contributed by atoms with Crippen LogP contribution in [0.1, 0.15) is 28.7 Å². The number of hydrogen-bond acceptors (Lipinski definition) is 6. The van der Waals surface area contributed by atoms with Gasteiger partial charge in [-0.25, -0.2) is 9.78 Å². The van der Waals surface area contributed by atoms with E-state index in [4.69, 9.17) is 17.0 Å². The SMILES string of the molecule is CCOC(=O)c1ccccc1NC(=S)N1CCCN(Cc2nccs2)CC1. The van der Waals surface area contributed by atoms with Gasteiger partial charge in [0.2, 0.25) is 0 Å². The smallest absolute Gasteiger partial charge is 0.340 e. The van der Waals surface area contributed by atoms with E-state index in [1.54, 1.807) is 24.3 Å². The van der Waals surface area contributed by atoms with Crippen LogP contribution in [0.15, 0.2) is 35.8 Å². The summed E-state index contributed by atoms with van der Waals surface area (Å²) in [5, 5.41) is 7.04. The van der Waals surface area contributed by atoms with Crippen LogP contribution in [0.4, 0.5) is 5.69 Å². The fraction of sp³-hybridized carbons (Fsp3) is 0.421. The summed E-state index contributed by atoms with van der Waals surface area (Å²) in [7, 11) is 0. The summed E-state index contributed by atoms with van der Waals surface area (Å²) in [6.07, 6.45) is 2.89. The lowest BCUT2D eigenvalue weighted by atomic mass is 10.2. The fourth-order valence-electron chi connectivity index (χ4n) is 3.03. The molecule has 3 rings (SSSR count). The van der Waals surface area contributed by atoms with Crippen LogP contribution in [-0.4, -0.2) is 58.7 Å². The van der Waals surface area contributed by atoms with Crippen molar-refractivity contribution >= 4 is 40.3 Å². The van der Waals surface area contributed by atoms with E-state index in [1.165, 1.54) is 0 Å². The minimum Gasteiger partial charge on any atom is -0.462 e. The zero-order chi connectivity index (χ0) is 19.1. The minimum atomic E-state index is -0.339. The maximum atomic E-state index is 12.1. The maximum absolute atomic E-state index is 12.1. The van der Waals surface area contributed by atoms with Crippen molar-refractivity contribution in [1.29, 1.82) is 0 Å². The molecule has 0 spiro atoms. The molecule has 0 bridgehead atoms. The number of hydrogen-bond donors (Lipinski definition) is 1. The number of carbonyl (C=O) groups is 1. The molecular weight excluding hydrogens is 380 g/mol. The van der Waals surface area contributed by atoms with Crippen LogP contribution in [0.5, 0.6) is 0 Å². The van der Waals surface area contributed by atoms with Crippen molar-refractivity contribution < 1.29 is 9.53 Å². The molecule has 6 nitrogen and oxygen atoms in total. The molecule has 0 saturated carbocycles. The second kappa shape index (κ2) is 9.77. The fourth-order valence-corrected chi connectivity index (χ4v) is 3.98. The van der Waals surface area contributed by atoms with Crippen LogP contribution < -0.4 is 5.32 Å². The molecule has 2 aromatic rings. The first-order chi connectivity index (χ1) is 13.2. The Hall–Kier alpha value is -2.03. The molecule has 0 unspecified atom stereocenters. The van der Waals surface area contributed by atoms with E-state index in [0.29, 0.717) is 23.0 Å². The lowest BCUT2D eigenvalue weighted by Gasteiger charge is -2.25. The van der Waals surface area contributed by atoms with Gasteiger partial charge in [-0.15, -0.1) is 11.3 Å². The van der Waals surface area contributed by atoms with Crippen molar-refractivity contribution in [3.63, 3.8) is 0 Å². The summed E-state index contributed by atoms with van der Waals surface area (Å²) in [6, 6.07) is 7.31. The molecule has 144 valence electrons. The first kappa shape index (κ1) is 19.7. The van der Waals surface area contributed by atoms with Gasteiger partial charge >= 0.3 is 5.97 Å². The molecule has 1 saturated heterocycles. The number of nitrogens with zero attached hydrogens (tertiary/aromatic N) is 3. The molecule has 0 aliphatic carbocycles. The lowest BCUT2D eigenvalue weighted by molar-refractivity contribution is 0.0527. The highest BCUT2D eigenvalue weighted by Crippen LogP contribution is 2.18. The van der Waals surface area contributed by atoms with Gasteiger partial charge in [-0.1, -0.05) is 12.1 Å². The number of para-hydroxylation sites is 1. The summed E-state index contributed by atoms with van der Waals surface area (Å²) in [5.41, 5.74) is 1.19. The average Bonchev–Trinajstić information content (AvgIpc) is 3.06. The number of aromatic nitrogens is 1. The number of anilines is 1. The van der Waals surface area contributed by atoms with Gasteiger partial charge in [-0.2, -0.15) is 0 Å². The second-order valence-electron chi connectivity index (χ2n) is 6.24. The maximum Gasteiger partial charge on any atom is 0.340 e. The number of ether oxygens (including phenoxy) is 1. The van der Waals surface area contributed by atoms with Crippen LogP contribution in [-0.2, 0) is 11.3 Å². The highest BCUT2D eigenvalue weighted by molar-refractivity contribution is 7.80. The van der Waals surface area contributed by atoms with Gasteiger partial charge in [0.1, 0.15) is 5.01 Å². The Kier molecular flexibility index (Phi) is 7.14. The monoisotopic (exact) mass is 404 g/mol. The first-order valence-electron chi connectivity index (χ1n) is 9.10. The van der Waals surface area contributed by atoms with Gasteiger partial charge in [0.25, 0.3) is 0 Å². The molecule has 1 aliphatic heterocycles. The zero-order valence-electron chi connectivity index (χ0n) is 15.4. The Morgan fingerprint density at radius 3 is 2.93 bits per heavy atom. The summed E-state index contributed by atoms with van der Waals surface area (Å²) in [5.74, 6) is -0.339. The highest BCUT2D eigenvalue weighted by atomic mass is 32.1. The third-order valence-corrected chi connectivity index (χ3v) is 5.51. The molecule has 0 radical (unpaired) electrons. The Bertz CT molecular complexity index is 767. The van der Waals surface area contributed by atoms with Crippen molar-refractivity contribution in [2.75, 3.05) is 38.1 Å². The number of esters is 1. The van der Waals surface area contributed by atoms with Gasteiger partial charge < -0.3 is 15.0 Å². The standard InChI is InChI=1S/C19H24N4O2S2/c1-2-25-18(24)15-6-3-4-7-16(15)21-19(26)23-10-5-9-22(11-12-23)14-17-20-8-13-27-17/h3-4,6-8,13H,2,5,9-12,14H2,1H3,(H,21,26). The van der Waals surface area contributed by atoms with Crippen molar-refractivity contribution in [2.45, 2.75) is 19.9 Å². The number of benzene rings is 1. The van der Waals surface area contributed by atoms with Crippen LogP contribution in [0.2, 0.25) is 0 Å². The topological polar surface area (TPSA) is 57.7 Å².